The SMILES string of the molecule is CCOc1cccnc1N1CCCC1CNCCOC. The second-order valence-electron chi connectivity index (χ2n) is 4.94. The summed E-state index contributed by atoms with van der Waals surface area (Å²) in [5.74, 6) is 1.86. The molecule has 0 aromatic carbocycles. The molecular weight excluding hydrogens is 254 g/mol. The third-order valence-electron chi connectivity index (χ3n) is 3.56. The van der Waals surface area contributed by atoms with Gasteiger partial charge in [-0.2, -0.15) is 0 Å². The molecule has 1 N–H and O–H groups in total. The molecule has 0 spiro atoms. The van der Waals surface area contributed by atoms with Gasteiger partial charge in [-0.1, -0.05) is 0 Å². The van der Waals surface area contributed by atoms with Gasteiger partial charge in [-0.05, 0) is 31.9 Å². The Bertz CT molecular complexity index is 400. The number of rotatable bonds is 8. The smallest absolute Gasteiger partial charge is 0.171 e. The molecule has 0 radical (unpaired) electrons. The lowest BCUT2D eigenvalue weighted by Gasteiger charge is -2.27. The van der Waals surface area contributed by atoms with Crippen molar-refractivity contribution >= 4 is 5.82 Å². The molecule has 1 fully saturated rings. The Balaban J connectivity index is 1.99. The van der Waals surface area contributed by atoms with Gasteiger partial charge in [0.25, 0.3) is 0 Å². The van der Waals surface area contributed by atoms with Gasteiger partial charge in [0, 0.05) is 39.0 Å². The third-order valence-corrected chi connectivity index (χ3v) is 3.56. The fraction of sp³-hybridized carbons (Fsp3) is 0.667. The zero-order valence-electron chi connectivity index (χ0n) is 12.5. The summed E-state index contributed by atoms with van der Waals surface area (Å²) in [7, 11) is 1.73. The Labute approximate surface area is 121 Å². The standard InChI is InChI=1S/C15H25N3O2/c1-3-20-14-7-4-8-17-15(14)18-10-5-6-13(18)12-16-9-11-19-2/h4,7-8,13,16H,3,5-6,9-12H2,1-2H3. The summed E-state index contributed by atoms with van der Waals surface area (Å²) >= 11 is 0. The highest BCUT2D eigenvalue weighted by molar-refractivity contribution is 5.53. The van der Waals surface area contributed by atoms with Gasteiger partial charge in [-0.25, -0.2) is 4.98 Å². The first-order chi connectivity index (χ1) is 9.86. The number of hydrogen-bond acceptors (Lipinski definition) is 5. The van der Waals surface area contributed by atoms with E-state index in [9.17, 15) is 0 Å². The van der Waals surface area contributed by atoms with Crippen LogP contribution in [-0.2, 0) is 4.74 Å². The molecule has 5 nitrogen and oxygen atoms in total. The van der Waals surface area contributed by atoms with Crippen molar-refractivity contribution < 1.29 is 9.47 Å². The molecule has 0 amide bonds. The van der Waals surface area contributed by atoms with Crippen LogP contribution in [0.25, 0.3) is 0 Å². The van der Waals surface area contributed by atoms with Crippen molar-refractivity contribution in [2.75, 3.05) is 44.9 Å². The first-order valence-corrected chi connectivity index (χ1v) is 7.41. The van der Waals surface area contributed by atoms with Gasteiger partial charge in [0.05, 0.1) is 13.2 Å². The topological polar surface area (TPSA) is 46.6 Å². The van der Waals surface area contributed by atoms with Crippen LogP contribution in [0.2, 0.25) is 0 Å². The summed E-state index contributed by atoms with van der Waals surface area (Å²) in [6.07, 6.45) is 4.24. The van der Waals surface area contributed by atoms with Gasteiger partial charge in [0.1, 0.15) is 0 Å². The number of nitrogens with zero attached hydrogens (tertiary/aromatic N) is 2. The Morgan fingerprint density at radius 1 is 1.50 bits per heavy atom. The van der Waals surface area contributed by atoms with Crippen LogP contribution in [0.3, 0.4) is 0 Å². The fourth-order valence-corrected chi connectivity index (χ4v) is 2.64. The molecule has 2 rings (SSSR count). The molecule has 0 aliphatic carbocycles. The molecule has 1 aliphatic rings. The third kappa shape index (κ3) is 3.84. The molecular formula is C15H25N3O2. The van der Waals surface area contributed by atoms with Crippen molar-refractivity contribution in [2.24, 2.45) is 0 Å². The van der Waals surface area contributed by atoms with E-state index in [1.807, 2.05) is 25.3 Å². The zero-order valence-corrected chi connectivity index (χ0v) is 12.5. The molecule has 1 saturated heterocycles. The molecule has 1 aliphatic heterocycles. The Hall–Kier alpha value is -1.33. The molecule has 0 saturated carbocycles. The second-order valence-corrected chi connectivity index (χ2v) is 4.94. The van der Waals surface area contributed by atoms with Crippen molar-refractivity contribution in [2.45, 2.75) is 25.8 Å². The number of nitrogens with one attached hydrogen (secondary N) is 1. The van der Waals surface area contributed by atoms with E-state index in [0.29, 0.717) is 12.6 Å². The number of methoxy groups -OCH3 is 1. The van der Waals surface area contributed by atoms with E-state index in [4.69, 9.17) is 9.47 Å². The average Bonchev–Trinajstić information content (AvgIpc) is 2.93. The Morgan fingerprint density at radius 3 is 3.20 bits per heavy atom. The van der Waals surface area contributed by atoms with Crippen LogP contribution in [0.1, 0.15) is 19.8 Å². The number of pyridine rings is 1. The van der Waals surface area contributed by atoms with Gasteiger partial charge < -0.3 is 19.7 Å². The normalized spacial score (nSPS) is 18.5. The minimum atomic E-state index is 0.487. The van der Waals surface area contributed by atoms with Crippen LogP contribution in [0.15, 0.2) is 18.3 Å². The van der Waals surface area contributed by atoms with Crippen LogP contribution in [0.5, 0.6) is 5.75 Å². The van der Waals surface area contributed by atoms with Gasteiger partial charge in [-0.3, -0.25) is 0 Å². The van der Waals surface area contributed by atoms with E-state index in [2.05, 4.69) is 15.2 Å². The van der Waals surface area contributed by atoms with E-state index in [1.165, 1.54) is 12.8 Å². The molecule has 1 atom stereocenters. The highest BCUT2D eigenvalue weighted by Gasteiger charge is 2.27. The quantitative estimate of drug-likeness (QED) is 0.734. The summed E-state index contributed by atoms with van der Waals surface area (Å²) in [4.78, 5) is 6.89. The lowest BCUT2D eigenvalue weighted by molar-refractivity contribution is 0.199. The van der Waals surface area contributed by atoms with Crippen molar-refractivity contribution in [3.63, 3.8) is 0 Å². The first kappa shape index (κ1) is 15.1. The number of hydrogen-bond donors (Lipinski definition) is 1. The summed E-state index contributed by atoms with van der Waals surface area (Å²) in [6, 6.07) is 4.41. The van der Waals surface area contributed by atoms with E-state index >= 15 is 0 Å². The minimum Gasteiger partial charge on any atom is -0.490 e. The van der Waals surface area contributed by atoms with Crippen LogP contribution in [0.4, 0.5) is 5.82 Å². The maximum atomic E-state index is 5.70. The maximum absolute atomic E-state index is 5.70. The molecule has 112 valence electrons. The highest BCUT2D eigenvalue weighted by Crippen LogP contribution is 2.31. The van der Waals surface area contributed by atoms with Crippen LogP contribution < -0.4 is 15.0 Å². The predicted octanol–water partition coefficient (Wildman–Crippen LogP) is 1.69. The summed E-state index contributed by atoms with van der Waals surface area (Å²) in [5, 5.41) is 3.44. The monoisotopic (exact) mass is 279 g/mol. The summed E-state index contributed by atoms with van der Waals surface area (Å²) in [5.41, 5.74) is 0. The highest BCUT2D eigenvalue weighted by atomic mass is 16.5. The van der Waals surface area contributed by atoms with Crippen molar-refractivity contribution in [1.29, 1.82) is 0 Å². The zero-order chi connectivity index (χ0) is 14.2. The number of anilines is 1. The van der Waals surface area contributed by atoms with E-state index < -0.39 is 0 Å². The van der Waals surface area contributed by atoms with Gasteiger partial charge in [0.2, 0.25) is 0 Å². The fourth-order valence-electron chi connectivity index (χ4n) is 2.64. The summed E-state index contributed by atoms with van der Waals surface area (Å²) < 4.78 is 10.8. The average molecular weight is 279 g/mol. The Kier molecular flexibility index (Phi) is 6.08. The van der Waals surface area contributed by atoms with Crippen LogP contribution in [0, 0.1) is 0 Å². The van der Waals surface area contributed by atoms with E-state index in [1.54, 1.807) is 7.11 Å². The van der Waals surface area contributed by atoms with Crippen molar-refractivity contribution in [3.8, 4) is 5.75 Å². The lowest BCUT2D eigenvalue weighted by Crippen LogP contribution is -2.39. The molecule has 2 heterocycles. The maximum Gasteiger partial charge on any atom is 0.171 e. The first-order valence-electron chi connectivity index (χ1n) is 7.41. The summed E-state index contributed by atoms with van der Waals surface area (Å²) in [6.45, 7) is 6.33. The van der Waals surface area contributed by atoms with E-state index in [-0.39, 0.29) is 0 Å². The van der Waals surface area contributed by atoms with Crippen LogP contribution >= 0.6 is 0 Å². The number of aromatic nitrogens is 1. The molecule has 0 bridgehead atoms. The van der Waals surface area contributed by atoms with Crippen molar-refractivity contribution in [1.82, 2.24) is 10.3 Å². The number of ether oxygens (including phenoxy) is 2. The minimum absolute atomic E-state index is 0.487. The molecule has 1 aromatic heterocycles. The lowest BCUT2D eigenvalue weighted by atomic mass is 10.2. The molecule has 1 unspecified atom stereocenters. The van der Waals surface area contributed by atoms with E-state index in [0.717, 1.165) is 37.8 Å². The Morgan fingerprint density at radius 2 is 2.40 bits per heavy atom. The van der Waals surface area contributed by atoms with Gasteiger partial charge in [0.15, 0.2) is 11.6 Å². The van der Waals surface area contributed by atoms with Gasteiger partial charge in [-0.15, -0.1) is 0 Å². The van der Waals surface area contributed by atoms with Gasteiger partial charge >= 0.3 is 0 Å². The molecule has 20 heavy (non-hydrogen) atoms. The predicted molar refractivity (Wildman–Crippen MR) is 80.5 cm³/mol. The molecule has 1 aromatic rings. The molecule has 5 heteroatoms. The van der Waals surface area contributed by atoms with Crippen LogP contribution in [-0.4, -0.2) is 51.0 Å². The van der Waals surface area contributed by atoms with Crippen molar-refractivity contribution in [3.05, 3.63) is 18.3 Å². The second kappa shape index (κ2) is 8.07. The largest absolute Gasteiger partial charge is 0.490 e.